The summed E-state index contributed by atoms with van der Waals surface area (Å²) in [6.07, 6.45) is 3.76. The van der Waals surface area contributed by atoms with Crippen LogP contribution >= 0.6 is 0 Å². The standard InChI is InChI=1S/C48H28N4O/c1-3-9-32-25-35(15-13-29(32)7-1)46-50-47(36-16-14-30-8-2-4-10-33(30)26-36)52-48(51-46)40-20-19-37(38-11-5-6-12-39(38)40)34-18-21-43-41(27-34)45-42-28-49-24-23-31(42)17-22-44(45)53-43/h1-28H. The van der Waals surface area contributed by atoms with Gasteiger partial charge in [0, 0.05) is 45.2 Å². The van der Waals surface area contributed by atoms with E-state index in [0.29, 0.717) is 17.5 Å². The van der Waals surface area contributed by atoms with Gasteiger partial charge in [-0.15, -0.1) is 0 Å². The molecule has 0 N–H and O–H groups in total. The Balaban J connectivity index is 1.11. The number of furan rings is 1. The summed E-state index contributed by atoms with van der Waals surface area (Å²) in [5.74, 6) is 1.90. The van der Waals surface area contributed by atoms with Crippen molar-refractivity contribution in [2.24, 2.45) is 0 Å². The van der Waals surface area contributed by atoms with Gasteiger partial charge in [0.15, 0.2) is 17.5 Å². The third-order valence-electron chi connectivity index (χ3n) is 10.4. The summed E-state index contributed by atoms with van der Waals surface area (Å²) in [4.78, 5) is 19.9. The van der Waals surface area contributed by atoms with Crippen LogP contribution in [0.1, 0.15) is 0 Å². The number of benzene rings is 8. The topological polar surface area (TPSA) is 64.7 Å². The maximum Gasteiger partial charge on any atom is 0.164 e. The van der Waals surface area contributed by atoms with Gasteiger partial charge in [-0.1, -0.05) is 115 Å². The van der Waals surface area contributed by atoms with E-state index in [-0.39, 0.29) is 0 Å². The molecule has 0 amide bonds. The van der Waals surface area contributed by atoms with Gasteiger partial charge in [-0.05, 0) is 91.3 Å². The van der Waals surface area contributed by atoms with Crippen molar-refractivity contribution in [1.29, 1.82) is 0 Å². The second-order valence-electron chi connectivity index (χ2n) is 13.5. The minimum absolute atomic E-state index is 0.629. The molecule has 5 nitrogen and oxygen atoms in total. The maximum absolute atomic E-state index is 6.31. The van der Waals surface area contributed by atoms with Crippen LogP contribution in [0.15, 0.2) is 175 Å². The molecule has 0 spiro atoms. The Morgan fingerprint density at radius 2 is 0.925 bits per heavy atom. The van der Waals surface area contributed by atoms with Gasteiger partial charge >= 0.3 is 0 Å². The van der Waals surface area contributed by atoms with E-state index in [4.69, 9.17) is 19.4 Å². The third-order valence-corrected chi connectivity index (χ3v) is 10.4. The normalized spacial score (nSPS) is 11.8. The lowest BCUT2D eigenvalue weighted by Crippen LogP contribution is -2.01. The Kier molecular flexibility index (Phi) is 6.48. The molecule has 0 saturated carbocycles. The van der Waals surface area contributed by atoms with Gasteiger partial charge in [-0.3, -0.25) is 4.98 Å². The van der Waals surface area contributed by atoms with Crippen LogP contribution in [0.2, 0.25) is 0 Å². The van der Waals surface area contributed by atoms with Gasteiger partial charge in [0.2, 0.25) is 0 Å². The number of rotatable bonds is 4. The van der Waals surface area contributed by atoms with Gasteiger partial charge in [-0.2, -0.15) is 0 Å². The Labute approximate surface area is 303 Å². The van der Waals surface area contributed by atoms with Crippen LogP contribution in [0.3, 0.4) is 0 Å². The fourth-order valence-electron chi connectivity index (χ4n) is 7.76. The van der Waals surface area contributed by atoms with Gasteiger partial charge in [0.1, 0.15) is 11.2 Å². The Morgan fingerprint density at radius 3 is 1.64 bits per heavy atom. The van der Waals surface area contributed by atoms with Crippen LogP contribution in [0.4, 0.5) is 0 Å². The third kappa shape index (κ3) is 4.86. The van der Waals surface area contributed by atoms with Crippen molar-refractivity contribution in [3.63, 3.8) is 0 Å². The predicted molar refractivity (Wildman–Crippen MR) is 217 cm³/mol. The first-order valence-electron chi connectivity index (χ1n) is 17.7. The van der Waals surface area contributed by atoms with E-state index in [1.54, 1.807) is 0 Å². The van der Waals surface area contributed by atoms with Crippen LogP contribution in [0.25, 0.3) is 110 Å². The van der Waals surface area contributed by atoms with Crippen LogP contribution < -0.4 is 0 Å². The van der Waals surface area contributed by atoms with Gasteiger partial charge in [0.05, 0.1) is 0 Å². The smallest absolute Gasteiger partial charge is 0.164 e. The first kappa shape index (κ1) is 29.5. The van der Waals surface area contributed by atoms with Crippen molar-refractivity contribution < 1.29 is 4.42 Å². The molecule has 0 aliphatic carbocycles. The van der Waals surface area contributed by atoms with Crippen molar-refractivity contribution in [3.8, 4) is 45.3 Å². The molecule has 0 bridgehead atoms. The molecule has 0 unspecified atom stereocenters. The molecule has 0 fully saturated rings. The monoisotopic (exact) mass is 676 g/mol. The van der Waals surface area contributed by atoms with Crippen molar-refractivity contribution >= 4 is 65.0 Å². The zero-order chi connectivity index (χ0) is 34.9. The average Bonchev–Trinajstić information content (AvgIpc) is 3.61. The van der Waals surface area contributed by atoms with E-state index in [1.165, 1.54) is 10.8 Å². The second-order valence-corrected chi connectivity index (χ2v) is 13.5. The highest BCUT2D eigenvalue weighted by Gasteiger charge is 2.18. The summed E-state index contributed by atoms with van der Waals surface area (Å²) in [6, 6.07) is 55.0. The fourth-order valence-corrected chi connectivity index (χ4v) is 7.76. The highest BCUT2D eigenvalue weighted by Crippen LogP contribution is 2.40. The Hall–Kier alpha value is -7.24. The molecule has 5 heteroatoms. The summed E-state index contributed by atoms with van der Waals surface area (Å²) in [5.41, 5.74) is 6.77. The van der Waals surface area contributed by atoms with Crippen molar-refractivity contribution in [2.45, 2.75) is 0 Å². The lowest BCUT2D eigenvalue weighted by molar-refractivity contribution is 0.669. The zero-order valence-electron chi connectivity index (χ0n) is 28.4. The highest BCUT2D eigenvalue weighted by atomic mass is 16.3. The van der Waals surface area contributed by atoms with Gasteiger partial charge in [0.25, 0.3) is 0 Å². The summed E-state index contributed by atoms with van der Waals surface area (Å²) < 4.78 is 6.31. The van der Waals surface area contributed by atoms with Crippen LogP contribution in [-0.2, 0) is 0 Å². The van der Waals surface area contributed by atoms with E-state index in [0.717, 1.165) is 82.1 Å². The molecule has 246 valence electrons. The lowest BCUT2D eigenvalue weighted by atomic mass is 9.93. The van der Waals surface area contributed by atoms with Crippen LogP contribution in [-0.4, -0.2) is 19.9 Å². The Bertz CT molecular complexity index is 3160. The molecule has 0 aliphatic heterocycles. The molecule has 3 heterocycles. The number of pyridine rings is 1. The van der Waals surface area contributed by atoms with Gasteiger partial charge in [-0.25, -0.2) is 15.0 Å². The molecule has 53 heavy (non-hydrogen) atoms. The molecular formula is C48H28N4O. The van der Waals surface area contributed by atoms with Crippen LogP contribution in [0.5, 0.6) is 0 Å². The van der Waals surface area contributed by atoms with E-state index >= 15 is 0 Å². The largest absolute Gasteiger partial charge is 0.456 e. The SMILES string of the molecule is c1ccc2cc(-c3nc(-c4ccc5ccccc5c4)nc(-c4ccc(-c5ccc6oc7ccc8ccncc8c7c6c5)c5ccccc45)n3)ccc2c1. The summed E-state index contributed by atoms with van der Waals surface area (Å²) in [7, 11) is 0. The fraction of sp³-hybridized carbons (Fsp3) is 0. The minimum atomic E-state index is 0.629. The molecule has 0 atom stereocenters. The average molecular weight is 677 g/mol. The lowest BCUT2D eigenvalue weighted by Gasteiger charge is -2.13. The minimum Gasteiger partial charge on any atom is -0.456 e. The first-order valence-corrected chi connectivity index (χ1v) is 17.7. The maximum atomic E-state index is 6.31. The van der Waals surface area contributed by atoms with Crippen molar-refractivity contribution in [1.82, 2.24) is 19.9 Å². The molecule has 0 aliphatic rings. The highest BCUT2D eigenvalue weighted by molar-refractivity contribution is 6.19. The van der Waals surface area contributed by atoms with Crippen LogP contribution in [0, 0.1) is 0 Å². The molecule has 8 aromatic carbocycles. The number of hydrogen-bond acceptors (Lipinski definition) is 5. The Morgan fingerprint density at radius 1 is 0.358 bits per heavy atom. The summed E-state index contributed by atoms with van der Waals surface area (Å²) in [6.45, 7) is 0. The van der Waals surface area contributed by atoms with E-state index in [2.05, 4.69) is 157 Å². The molecule has 3 aromatic heterocycles. The van der Waals surface area contributed by atoms with E-state index in [9.17, 15) is 0 Å². The van der Waals surface area contributed by atoms with Crippen molar-refractivity contribution in [3.05, 3.63) is 170 Å². The predicted octanol–water partition coefficient (Wildman–Crippen LogP) is 12.4. The summed E-state index contributed by atoms with van der Waals surface area (Å²) in [5, 5.41) is 11.2. The van der Waals surface area contributed by atoms with Crippen molar-refractivity contribution in [2.75, 3.05) is 0 Å². The molecule has 0 saturated heterocycles. The zero-order valence-corrected chi connectivity index (χ0v) is 28.4. The number of nitrogens with zero attached hydrogens (tertiary/aromatic N) is 4. The quantitative estimate of drug-likeness (QED) is 0.186. The van der Waals surface area contributed by atoms with E-state index < -0.39 is 0 Å². The first-order chi connectivity index (χ1) is 26.2. The van der Waals surface area contributed by atoms with Gasteiger partial charge < -0.3 is 4.42 Å². The molecule has 0 radical (unpaired) electrons. The van der Waals surface area contributed by atoms with E-state index in [1.807, 2.05) is 18.5 Å². The number of hydrogen-bond donors (Lipinski definition) is 0. The number of fused-ring (bicyclic) bond motifs is 8. The molecule has 11 rings (SSSR count). The molecule has 11 aromatic rings. The summed E-state index contributed by atoms with van der Waals surface area (Å²) >= 11 is 0. The molecular weight excluding hydrogens is 649 g/mol. The second kappa shape index (κ2) is 11.7. The number of aromatic nitrogens is 4.